The second kappa shape index (κ2) is 4.41. The zero-order chi connectivity index (χ0) is 10.7. The summed E-state index contributed by atoms with van der Waals surface area (Å²) in [6.07, 6.45) is 0.903. The molecule has 2 N–H and O–H groups in total. The topological polar surface area (TPSA) is 26.0 Å². The van der Waals surface area contributed by atoms with Crippen molar-refractivity contribution in [3.05, 3.63) is 59.7 Å². The van der Waals surface area contributed by atoms with Gasteiger partial charge in [0.2, 0.25) is 0 Å². The van der Waals surface area contributed by atoms with E-state index < -0.39 is 0 Å². The van der Waals surface area contributed by atoms with Crippen LogP contribution in [0.3, 0.4) is 0 Å². The highest BCUT2D eigenvalue weighted by atomic mass is 32.1. The molecule has 15 heavy (non-hydrogen) atoms. The first-order valence-electron chi connectivity index (χ1n) is 4.87. The summed E-state index contributed by atoms with van der Waals surface area (Å²) < 4.78 is 0. The van der Waals surface area contributed by atoms with Gasteiger partial charge >= 0.3 is 0 Å². The average Bonchev–Trinajstić information content (AvgIpc) is 2.24. The van der Waals surface area contributed by atoms with Crippen LogP contribution in [0.15, 0.2) is 53.4 Å². The van der Waals surface area contributed by atoms with Crippen LogP contribution in [0.1, 0.15) is 11.1 Å². The van der Waals surface area contributed by atoms with Crippen molar-refractivity contribution < 1.29 is 0 Å². The SMILES string of the molecule is Nc1ccc(Cc2ccccc2)c(S)c1. The second-order valence-electron chi connectivity index (χ2n) is 3.55. The van der Waals surface area contributed by atoms with Gasteiger partial charge in [-0.3, -0.25) is 0 Å². The number of rotatable bonds is 2. The molecule has 0 bridgehead atoms. The van der Waals surface area contributed by atoms with Crippen LogP contribution in [-0.4, -0.2) is 0 Å². The van der Waals surface area contributed by atoms with Crippen LogP contribution in [0.2, 0.25) is 0 Å². The maximum Gasteiger partial charge on any atom is 0.0325 e. The standard InChI is InChI=1S/C13H13NS/c14-12-7-6-11(13(15)9-12)8-10-4-2-1-3-5-10/h1-7,9,15H,8,14H2. The molecule has 0 atom stereocenters. The molecule has 0 saturated heterocycles. The van der Waals surface area contributed by atoms with Crippen molar-refractivity contribution in [2.75, 3.05) is 5.73 Å². The number of hydrogen-bond donors (Lipinski definition) is 2. The molecule has 0 heterocycles. The van der Waals surface area contributed by atoms with E-state index in [1.807, 2.05) is 36.4 Å². The predicted octanol–water partition coefficient (Wildman–Crippen LogP) is 3.15. The molecule has 2 aromatic carbocycles. The summed E-state index contributed by atoms with van der Waals surface area (Å²) in [6.45, 7) is 0. The smallest absolute Gasteiger partial charge is 0.0325 e. The van der Waals surface area contributed by atoms with E-state index in [9.17, 15) is 0 Å². The van der Waals surface area contributed by atoms with E-state index in [-0.39, 0.29) is 0 Å². The van der Waals surface area contributed by atoms with E-state index in [0.717, 1.165) is 17.0 Å². The Hall–Kier alpha value is -1.41. The minimum atomic E-state index is 0.761. The Kier molecular flexibility index (Phi) is 2.97. The van der Waals surface area contributed by atoms with Crippen molar-refractivity contribution in [3.8, 4) is 0 Å². The molecule has 76 valence electrons. The van der Waals surface area contributed by atoms with Gasteiger partial charge in [0.1, 0.15) is 0 Å². The molecular weight excluding hydrogens is 202 g/mol. The zero-order valence-corrected chi connectivity index (χ0v) is 9.24. The van der Waals surface area contributed by atoms with Gasteiger partial charge in [-0.15, -0.1) is 12.6 Å². The maximum absolute atomic E-state index is 5.67. The Morgan fingerprint density at radius 1 is 1.00 bits per heavy atom. The lowest BCUT2D eigenvalue weighted by Gasteiger charge is -2.05. The fraction of sp³-hybridized carbons (Fsp3) is 0.0769. The Labute approximate surface area is 95.3 Å². The summed E-state index contributed by atoms with van der Waals surface area (Å²) in [5, 5.41) is 0. The highest BCUT2D eigenvalue weighted by Gasteiger charge is 2.00. The molecular formula is C13H13NS. The Balaban J connectivity index is 2.25. The Morgan fingerprint density at radius 2 is 1.73 bits per heavy atom. The van der Waals surface area contributed by atoms with Crippen molar-refractivity contribution >= 4 is 18.3 Å². The van der Waals surface area contributed by atoms with Gasteiger partial charge in [-0.1, -0.05) is 36.4 Å². The molecule has 1 nitrogen and oxygen atoms in total. The minimum absolute atomic E-state index is 0.761. The summed E-state index contributed by atoms with van der Waals surface area (Å²) in [4.78, 5) is 0.957. The van der Waals surface area contributed by atoms with Gasteiger partial charge in [0.15, 0.2) is 0 Å². The van der Waals surface area contributed by atoms with Crippen molar-refractivity contribution in [3.63, 3.8) is 0 Å². The summed E-state index contributed by atoms with van der Waals surface area (Å²) >= 11 is 4.42. The molecule has 0 unspecified atom stereocenters. The lowest BCUT2D eigenvalue weighted by Crippen LogP contribution is -1.92. The van der Waals surface area contributed by atoms with Gasteiger partial charge in [-0.2, -0.15) is 0 Å². The average molecular weight is 215 g/mol. The summed E-state index contributed by atoms with van der Waals surface area (Å²) in [5.74, 6) is 0. The normalized spacial score (nSPS) is 10.2. The monoisotopic (exact) mass is 215 g/mol. The molecule has 2 aromatic rings. The number of nitrogens with two attached hydrogens (primary N) is 1. The molecule has 0 fully saturated rings. The first-order chi connectivity index (χ1) is 7.25. The molecule has 0 aliphatic carbocycles. The molecule has 0 spiro atoms. The molecule has 0 aliphatic rings. The van der Waals surface area contributed by atoms with Crippen LogP contribution in [0.5, 0.6) is 0 Å². The predicted molar refractivity (Wildman–Crippen MR) is 67.4 cm³/mol. The van der Waals surface area contributed by atoms with Gasteiger partial charge < -0.3 is 5.73 Å². The molecule has 0 saturated carbocycles. The van der Waals surface area contributed by atoms with Crippen molar-refractivity contribution in [1.29, 1.82) is 0 Å². The fourth-order valence-corrected chi connectivity index (χ4v) is 1.85. The minimum Gasteiger partial charge on any atom is -0.399 e. The van der Waals surface area contributed by atoms with Gasteiger partial charge in [-0.05, 0) is 29.7 Å². The summed E-state index contributed by atoms with van der Waals surface area (Å²) in [6, 6.07) is 16.2. The van der Waals surface area contributed by atoms with Crippen LogP contribution < -0.4 is 5.73 Å². The van der Waals surface area contributed by atoms with Gasteiger partial charge in [0, 0.05) is 10.6 Å². The van der Waals surface area contributed by atoms with E-state index in [1.54, 1.807) is 0 Å². The third kappa shape index (κ3) is 2.54. The molecule has 2 rings (SSSR count). The van der Waals surface area contributed by atoms with E-state index in [0.29, 0.717) is 0 Å². The number of nitrogen functional groups attached to an aromatic ring is 1. The van der Waals surface area contributed by atoms with Crippen molar-refractivity contribution in [2.24, 2.45) is 0 Å². The van der Waals surface area contributed by atoms with Crippen molar-refractivity contribution in [2.45, 2.75) is 11.3 Å². The molecule has 0 aliphatic heterocycles. The van der Waals surface area contributed by atoms with Crippen LogP contribution in [0.4, 0.5) is 5.69 Å². The Morgan fingerprint density at radius 3 is 2.40 bits per heavy atom. The molecule has 0 amide bonds. The van der Waals surface area contributed by atoms with Crippen LogP contribution in [-0.2, 0) is 6.42 Å². The summed E-state index contributed by atoms with van der Waals surface area (Å²) in [5.41, 5.74) is 8.93. The molecule has 2 heteroatoms. The number of benzene rings is 2. The lowest BCUT2D eigenvalue weighted by atomic mass is 10.0. The van der Waals surface area contributed by atoms with E-state index in [1.165, 1.54) is 11.1 Å². The zero-order valence-electron chi connectivity index (χ0n) is 8.35. The van der Waals surface area contributed by atoms with E-state index in [2.05, 4.69) is 24.8 Å². The first-order valence-corrected chi connectivity index (χ1v) is 5.32. The van der Waals surface area contributed by atoms with E-state index >= 15 is 0 Å². The Bertz CT molecular complexity index is 451. The van der Waals surface area contributed by atoms with Crippen LogP contribution in [0, 0.1) is 0 Å². The van der Waals surface area contributed by atoms with Crippen LogP contribution in [0.25, 0.3) is 0 Å². The van der Waals surface area contributed by atoms with Crippen LogP contribution >= 0.6 is 12.6 Å². The van der Waals surface area contributed by atoms with E-state index in [4.69, 9.17) is 5.73 Å². The highest BCUT2D eigenvalue weighted by Crippen LogP contribution is 2.20. The summed E-state index contributed by atoms with van der Waals surface area (Å²) in [7, 11) is 0. The van der Waals surface area contributed by atoms with Gasteiger partial charge in [-0.25, -0.2) is 0 Å². The third-order valence-electron chi connectivity index (χ3n) is 2.35. The first kappa shape index (κ1) is 10.1. The number of anilines is 1. The third-order valence-corrected chi connectivity index (χ3v) is 2.76. The largest absolute Gasteiger partial charge is 0.399 e. The van der Waals surface area contributed by atoms with Crippen molar-refractivity contribution in [1.82, 2.24) is 0 Å². The quantitative estimate of drug-likeness (QED) is 0.584. The maximum atomic E-state index is 5.67. The fourth-order valence-electron chi connectivity index (χ4n) is 1.55. The van der Waals surface area contributed by atoms with Gasteiger partial charge in [0.25, 0.3) is 0 Å². The number of thiol groups is 1. The number of hydrogen-bond acceptors (Lipinski definition) is 2. The highest BCUT2D eigenvalue weighted by molar-refractivity contribution is 7.80. The second-order valence-corrected chi connectivity index (χ2v) is 4.03. The molecule has 0 radical (unpaired) electrons. The van der Waals surface area contributed by atoms with Gasteiger partial charge in [0.05, 0.1) is 0 Å². The lowest BCUT2D eigenvalue weighted by molar-refractivity contribution is 1.13. The molecule has 0 aromatic heterocycles.